The second-order valence-electron chi connectivity index (χ2n) is 6.95. The van der Waals surface area contributed by atoms with Crippen molar-refractivity contribution in [2.75, 3.05) is 6.61 Å². The molecule has 2 fully saturated rings. The number of rotatable bonds is 4. The Morgan fingerprint density at radius 3 is 2.44 bits per heavy atom. The van der Waals surface area contributed by atoms with Crippen molar-refractivity contribution >= 4 is 5.97 Å². The van der Waals surface area contributed by atoms with Crippen LogP contribution >= 0.6 is 0 Å². The van der Waals surface area contributed by atoms with Crippen LogP contribution in [0.3, 0.4) is 0 Å². The zero-order chi connectivity index (χ0) is 13.6. The van der Waals surface area contributed by atoms with Gasteiger partial charge in [0.15, 0.2) is 0 Å². The van der Waals surface area contributed by atoms with Crippen molar-refractivity contribution in [1.82, 2.24) is 0 Å². The lowest BCUT2D eigenvalue weighted by Gasteiger charge is -2.38. The van der Waals surface area contributed by atoms with Crippen LogP contribution in [0.15, 0.2) is 0 Å². The maximum Gasteiger partial charge on any atom is 0.332 e. The van der Waals surface area contributed by atoms with Crippen LogP contribution in [0, 0.1) is 16.7 Å². The minimum atomic E-state index is -0.242. The van der Waals surface area contributed by atoms with E-state index >= 15 is 0 Å². The van der Waals surface area contributed by atoms with Gasteiger partial charge in [0.2, 0.25) is 0 Å². The molecule has 3 heteroatoms. The summed E-state index contributed by atoms with van der Waals surface area (Å²) in [6.07, 6.45) is 3.77. The van der Waals surface area contributed by atoms with Gasteiger partial charge in [0.05, 0.1) is 12.2 Å². The molecule has 3 unspecified atom stereocenters. The normalized spacial score (nSPS) is 37.2. The van der Waals surface area contributed by atoms with E-state index in [4.69, 9.17) is 9.47 Å². The summed E-state index contributed by atoms with van der Waals surface area (Å²) in [7, 11) is 0. The fourth-order valence-corrected chi connectivity index (χ4v) is 3.85. The summed E-state index contributed by atoms with van der Waals surface area (Å²) in [5.41, 5.74) is 0.551. The summed E-state index contributed by atoms with van der Waals surface area (Å²) in [6.45, 7) is 10.8. The first kappa shape index (κ1) is 13.9. The van der Waals surface area contributed by atoms with Crippen molar-refractivity contribution in [3.63, 3.8) is 0 Å². The van der Waals surface area contributed by atoms with Gasteiger partial charge >= 0.3 is 5.97 Å². The fraction of sp³-hybridized carbons (Fsp3) is 0.933. The van der Waals surface area contributed by atoms with Crippen molar-refractivity contribution in [2.24, 2.45) is 16.7 Å². The monoisotopic (exact) mass is 254 g/mol. The van der Waals surface area contributed by atoms with Crippen molar-refractivity contribution in [3.05, 3.63) is 0 Å². The van der Waals surface area contributed by atoms with Crippen LogP contribution in [0.1, 0.15) is 53.9 Å². The number of carbonyl (C=O) groups excluding carboxylic acids is 1. The lowest BCUT2D eigenvalue weighted by Crippen LogP contribution is -2.38. The summed E-state index contributed by atoms with van der Waals surface area (Å²) >= 11 is 0. The quantitative estimate of drug-likeness (QED) is 0.723. The van der Waals surface area contributed by atoms with E-state index in [1.54, 1.807) is 0 Å². The fourth-order valence-electron chi connectivity index (χ4n) is 3.85. The molecule has 0 radical (unpaired) electrons. The van der Waals surface area contributed by atoms with E-state index in [-0.39, 0.29) is 30.2 Å². The van der Waals surface area contributed by atoms with Crippen LogP contribution in [0.2, 0.25) is 0 Å². The Hall–Kier alpha value is -0.570. The van der Waals surface area contributed by atoms with Crippen LogP contribution in [0.25, 0.3) is 0 Å². The highest BCUT2D eigenvalue weighted by Crippen LogP contribution is 2.66. The molecule has 0 N–H and O–H groups in total. The topological polar surface area (TPSA) is 35.5 Å². The molecule has 2 saturated carbocycles. The third-order valence-corrected chi connectivity index (χ3v) is 5.48. The van der Waals surface area contributed by atoms with Crippen LogP contribution in [0.4, 0.5) is 0 Å². The summed E-state index contributed by atoms with van der Waals surface area (Å²) < 4.78 is 11.0. The molecular weight excluding hydrogens is 228 g/mol. The molecule has 2 bridgehead atoms. The van der Waals surface area contributed by atoms with Gasteiger partial charge in [-0.1, -0.05) is 20.8 Å². The second kappa shape index (κ2) is 4.52. The smallest absolute Gasteiger partial charge is 0.332 e. The van der Waals surface area contributed by atoms with Crippen molar-refractivity contribution < 1.29 is 14.3 Å². The zero-order valence-corrected chi connectivity index (χ0v) is 12.3. The molecule has 2 rings (SSSR count). The van der Waals surface area contributed by atoms with Gasteiger partial charge in [-0.2, -0.15) is 0 Å². The standard InChI is InChI=1S/C15H26O3/c1-10(2)18-13(16)9-17-12-8-11-6-7-15(12,5)14(11,3)4/h10-12H,6-9H2,1-5H3. The molecule has 0 amide bonds. The Bertz CT molecular complexity index is 335. The first-order valence-corrected chi connectivity index (χ1v) is 7.08. The van der Waals surface area contributed by atoms with Crippen LogP contribution in [-0.4, -0.2) is 24.8 Å². The van der Waals surface area contributed by atoms with Crippen LogP contribution < -0.4 is 0 Å². The molecule has 0 aliphatic heterocycles. The van der Waals surface area contributed by atoms with Gasteiger partial charge in [-0.15, -0.1) is 0 Å². The van der Waals surface area contributed by atoms with E-state index in [0.29, 0.717) is 5.41 Å². The molecule has 3 atom stereocenters. The predicted molar refractivity (Wildman–Crippen MR) is 70.2 cm³/mol. The van der Waals surface area contributed by atoms with E-state index < -0.39 is 0 Å². The van der Waals surface area contributed by atoms with Crippen molar-refractivity contribution in [1.29, 1.82) is 0 Å². The number of fused-ring (bicyclic) bond motifs is 2. The van der Waals surface area contributed by atoms with E-state index in [1.165, 1.54) is 12.8 Å². The van der Waals surface area contributed by atoms with Crippen LogP contribution in [-0.2, 0) is 14.3 Å². The number of hydrogen-bond acceptors (Lipinski definition) is 3. The van der Waals surface area contributed by atoms with Gasteiger partial charge in [0, 0.05) is 0 Å². The van der Waals surface area contributed by atoms with Gasteiger partial charge in [-0.25, -0.2) is 4.79 Å². The third-order valence-electron chi connectivity index (χ3n) is 5.48. The minimum absolute atomic E-state index is 0.0619. The highest BCUT2D eigenvalue weighted by atomic mass is 16.6. The van der Waals surface area contributed by atoms with E-state index in [0.717, 1.165) is 12.3 Å². The minimum Gasteiger partial charge on any atom is -0.461 e. The van der Waals surface area contributed by atoms with Gasteiger partial charge in [-0.3, -0.25) is 0 Å². The molecule has 18 heavy (non-hydrogen) atoms. The summed E-state index contributed by atoms with van der Waals surface area (Å²) in [6, 6.07) is 0. The van der Waals surface area contributed by atoms with Crippen LogP contribution in [0.5, 0.6) is 0 Å². The highest BCUT2D eigenvalue weighted by molar-refractivity contribution is 5.70. The first-order chi connectivity index (χ1) is 8.27. The molecule has 104 valence electrons. The summed E-state index contributed by atoms with van der Waals surface area (Å²) in [4.78, 5) is 11.5. The summed E-state index contributed by atoms with van der Waals surface area (Å²) in [5, 5.41) is 0. The zero-order valence-electron chi connectivity index (χ0n) is 12.3. The Balaban J connectivity index is 1.91. The number of ether oxygens (including phenoxy) is 2. The largest absolute Gasteiger partial charge is 0.461 e. The molecule has 0 heterocycles. The van der Waals surface area contributed by atoms with Gasteiger partial charge < -0.3 is 9.47 Å². The number of esters is 1. The molecule has 3 nitrogen and oxygen atoms in total. The number of hydrogen-bond donors (Lipinski definition) is 0. The highest BCUT2D eigenvalue weighted by Gasteiger charge is 2.61. The predicted octanol–water partition coefficient (Wildman–Crippen LogP) is 3.17. The maximum atomic E-state index is 11.5. The molecule has 0 aromatic heterocycles. The molecule has 0 aromatic carbocycles. The third kappa shape index (κ3) is 2.07. The van der Waals surface area contributed by atoms with Crippen molar-refractivity contribution in [2.45, 2.75) is 66.1 Å². The molecule has 0 aromatic rings. The molecule has 2 aliphatic rings. The van der Waals surface area contributed by atoms with E-state index in [1.807, 2.05) is 13.8 Å². The van der Waals surface area contributed by atoms with E-state index in [9.17, 15) is 4.79 Å². The Morgan fingerprint density at radius 1 is 1.33 bits per heavy atom. The van der Waals surface area contributed by atoms with Gasteiger partial charge in [0.1, 0.15) is 6.61 Å². The lowest BCUT2D eigenvalue weighted by atomic mass is 9.70. The van der Waals surface area contributed by atoms with Gasteiger partial charge in [-0.05, 0) is 49.9 Å². The summed E-state index contributed by atoms with van der Waals surface area (Å²) in [5.74, 6) is 0.503. The maximum absolute atomic E-state index is 11.5. The lowest BCUT2D eigenvalue weighted by molar-refractivity contribution is -0.158. The Morgan fingerprint density at radius 2 is 2.00 bits per heavy atom. The molecule has 2 aliphatic carbocycles. The average Bonchev–Trinajstić information content (AvgIpc) is 2.57. The Labute approximate surface area is 110 Å². The molecule has 0 saturated heterocycles. The number of carbonyl (C=O) groups is 1. The second-order valence-corrected chi connectivity index (χ2v) is 6.95. The molecular formula is C15H26O3. The molecule has 0 spiro atoms. The SMILES string of the molecule is CC(C)OC(=O)COC1CC2CCC1(C)C2(C)C. The van der Waals surface area contributed by atoms with Gasteiger partial charge in [0.25, 0.3) is 0 Å². The Kier molecular flexibility index (Phi) is 3.48. The van der Waals surface area contributed by atoms with E-state index in [2.05, 4.69) is 20.8 Å². The average molecular weight is 254 g/mol. The van der Waals surface area contributed by atoms with Crippen molar-refractivity contribution in [3.8, 4) is 0 Å². The first-order valence-electron chi connectivity index (χ1n) is 7.08.